The molecule has 21 heavy (non-hydrogen) atoms. The summed E-state index contributed by atoms with van der Waals surface area (Å²) in [5.41, 5.74) is 0.0867. The molecule has 0 fully saturated rings. The average Bonchev–Trinajstić information content (AvgIpc) is 2.99. The molecule has 8 nitrogen and oxygen atoms in total. The van der Waals surface area contributed by atoms with Crippen LogP contribution in [-0.2, 0) is 9.53 Å². The number of nitro groups is 1. The lowest BCUT2D eigenvalue weighted by atomic mass is 10.3. The molecular formula is C13H10N2O6. The summed E-state index contributed by atoms with van der Waals surface area (Å²) in [6.07, 6.45) is 1.31. The molecule has 0 bridgehead atoms. The molecule has 108 valence electrons. The lowest BCUT2D eigenvalue weighted by Crippen LogP contribution is -2.20. The van der Waals surface area contributed by atoms with Crippen molar-refractivity contribution in [2.45, 2.75) is 0 Å². The number of hydrogen-bond donors (Lipinski definition) is 1. The number of hydrogen-bond acceptors (Lipinski definition) is 6. The Kier molecular flexibility index (Phi) is 4.30. The Labute approximate surface area is 118 Å². The van der Waals surface area contributed by atoms with Crippen LogP contribution in [0.1, 0.15) is 10.6 Å². The molecule has 2 rings (SSSR count). The molecule has 0 saturated heterocycles. The summed E-state index contributed by atoms with van der Waals surface area (Å²) in [5, 5.41) is 13.0. The van der Waals surface area contributed by atoms with Crippen molar-refractivity contribution in [3.63, 3.8) is 0 Å². The monoisotopic (exact) mass is 290 g/mol. The molecular weight excluding hydrogens is 280 g/mol. The van der Waals surface area contributed by atoms with Crippen LogP contribution in [0.15, 0.2) is 47.1 Å². The number of nitro benzene ring substituents is 1. The molecule has 0 unspecified atom stereocenters. The summed E-state index contributed by atoms with van der Waals surface area (Å²) in [4.78, 5) is 33.0. The van der Waals surface area contributed by atoms with Crippen LogP contribution in [0.5, 0.6) is 0 Å². The Morgan fingerprint density at radius 2 is 2.10 bits per heavy atom. The van der Waals surface area contributed by atoms with Crippen LogP contribution < -0.4 is 5.32 Å². The Morgan fingerprint density at radius 1 is 1.29 bits per heavy atom. The van der Waals surface area contributed by atoms with Gasteiger partial charge in [-0.05, 0) is 18.2 Å². The maximum atomic E-state index is 11.6. The highest BCUT2D eigenvalue weighted by molar-refractivity contribution is 5.94. The second-order valence-electron chi connectivity index (χ2n) is 3.91. The molecule has 0 aliphatic rings. The highest BCUT2D eigenvalue weighted by Gasteiger charge is 2.13. The zero-order chi connectivity index (χ0) is 15.2. The predicted octanol–water partition coefficient (Wildman–Crippen LogP) is 1.98. The molecule has 1 heterocycles. The summed E-state index contributed by atoms with van der Waals surface area (Å²) in [5.74, 6) is -1.40. The minimum Gasteiger partial charge on any atom is -0.457 e. The van der Waals surface area contributed by atoms with E-state index in [1.54, 1.807) is 0 Å². The summed E-state index contributed by atoms with van der Waals surface area (Å²) < 4.78 is 9.53. The van der Waals surface area contributed by atoms with Crippen LogP contribution in [0.2, 0.25) is 0 Å². The van der Waals surface area contributed by atoms with Crippen molar-refractivity contribution in [3.8, 4) is 0 Å². The smallest absolute Gasteiger partial charge is 0.374 e. The van der Waals surface area contributed by atoms with Crippen LogP contribution in [0.3, 0.4) is 0 Å². The second-order valence-corrected chi connectivity index (χ2v) is 3.91. The molecule has 1 amide bonds. The van der Waals surface area contributed by atoms with Crippen LogP contribution in [0.25, 0.3) is 0 Å². The summed E-state index contributed by atoms with van der Waals surface area (Å²) in [7, 11) is 0. The normalized spacial score (nSPS) is 9.90. The van der Waals surface area contributed by atoms with E-state index in [1.807, 2.05) is 0 Å². The topological polar surface area (TPSA) is 112 Å². The van der Waals surface area contributed by atoms with E-state index in [0.717, 1.165) is 0 Å². The molecule has 8 heteroatoms. The van der Waals surface area contributed by atoms with Crippen molar-refractivity contribution in [1.82, 2.24) is 0 Å². The molecule has 2 aromatic rings. The van der Waals surface area contributed by atoms with Crippen LogP contribution in [0.4, 0.5) is 11.4 Å². The van der Waals surface area contributed by atoms with E-state index in [2.05, 4.69) is 5.32 Å². The number of ether oxygens (including phenoxy) is 1. The molecule has 0 radical (unpaired) electrons. The fourth-order valence-corrected chi connectivity index (χ4v) is 1.49. The Balaban J connectivity index is 1.89. The van der Waals surface area contributed by atoms with Gasteiger partial charge in [0.05, 0.1) is 11.2 Å². The van der Waals surface area contributed by atoms with Gasteiger partial charge in [0.25, 0.3) is 11.6 Å². The highest BCUT2D eigenvalue weighted by atomic mass is 16.6. The van der Waals surface area contributed by atoms with Gasteiger partial charge in [-0.25, -0.2) is 4.79 Å². The minimum absolute atomic E-state index is 0.0156. The summed E-state index contributed by atoms with van der Waals surface area (Å²) >= 11 is 0. The van der Waals surface area contributed by atoms with Gasteiger partial charge >= 0.3 is 5.97 Å². The number of anilines is 1. The van der Waals surface area contributed by atoms with Gasteiger partial charge in [-0.1, -0.05) is 6.07 Å². The SMILES string of the molecule is O=C(COC(=O)c1ccco1)Nc1cccc([N+](=O)[O-])c1. The van der Waals surface area contributed by atoms with Gasteiger partial charge in [-0.2, -0.15) is 0 Å². The Bertz CT molecular complexity index is 665. The minimum atomic E-state index is -0.769. The van der Waals surface area contributed by atoms with Crippen LogP contribution in [-0.4, -0.2) is 23.4 Å². The number of rotatable bonds is 5. The maximum absolute atomic E-state index is 11.6. The number of amides is 1. The third kappa shape index (κ3) is 3.90. The molecule has 0 atom stereocenters. The number of nitrogens with one attached hydrogen (secondary N) is 1. The molecule has 1 aromatic carbocycles. The highest BCUT2D eigenvalue weighted by Crippen LogP contribution is 2.16. The predicted molar refractivity (Wildman–Crippen MR) is 70.7 cm³/mol. The fraction of sp³-hybridized carbons (Fsp3) is 0.0769. The van der Waals surface area contributed by atoms with Crippen LogP contribution >= 0.6 is 0 Å². The number of non-ortho nitro benzene ring substituents is 1. The second kappa shape index (κ2) is 6.33. The van der Waals surface area contributed by atoms with E-state index in [9.17, 15) is 19.7 Å². The lowest BCUT2D eigenvalue weighted by Gasteiger charge is -2.05. The molecule has 0 aliphatic carbocycles. The van der Waals surface area contributed by atoms with E-state index >= 15 is 0 Å². The third-order valence-corrected chi connectivity index (χ3v) is 2.40. The number of esters is 1. The number of benzene rings is 1. The van der Waals surface area contributed by atoms with Crippen LogP contribution in [0, 0.1) is 10.1 Å². The average molecular weight is 290 g/mol. The van der Waals surface area contributed by atoms with Crippen molar-refractivity contribution in [1.29, 1.82) is 0 Å². The summed E-state index contributed by atoms with van der Waals surface area (Å²) in [6.45, 7) is -0.526. The van der Waals surface area contributed by atoms with Gasteiger partial charge in [-0.15, -0.1) is 0 Å². The van der Waals surface area contributed by atoms with Crippen molar-refractivity contribution in [2.75, 3.05) is 11.9 Å². The van der Waals surface area contributed by atoms with Gasteiger partial charge < -0.3 is 14.5 Å². The zero-order valence-corrected chi connectivity index (χ0v) is 10.6. The maximum Gasteiger partial charge on any atom is 0.374 e. The first kappa shape index (κ1) is 14.3. The van der Waals surface area contributed by atoms with Gasteiger partial charge in [0.1, 0.15) is 0 Å². The first-order valence-electron chi connectivity index (χ1n) is 5.81. The fourth-order valence-electron chi connectivity index (χ4n) is 1.49. The van der Waals surface area contributed by atoms with E-state index in [1.165, 1.54) is 42.7 Å². The molecule has 1 N–H and O–H groups in total. The lowest BCUT2D eigenvalue weighted by molar-refractivity contribution is -0.384. The van der Waals surface area contributed by atoms with E-state index in [0.29, 0.717) is 0 Å². The molecule has 0 saturated carbocycles. The molecule has 0 aliphatic heterocycles. The number of furan rings is 1. The largest absolute Gasteiger partial charge is 0.457 e. The van der Waals surface area contributed by atoms with Gasteiger partial charge in [0.15, 0.2) is 6.61 Å². The quantitative estimate of drug-likeness (QED) is 0.512. The number of carbonyl (C=O) groups excluding carboxylic acids is 2. The first-order chi connectivity index (χ1) is 10.1. The standard InChI is InChI=1S/C13H10N2O6/c16-12(8-21-13(17)11-5-2-6-20-11)14-9-3-1-4-10(7-9)15(18)19/h1-7H,8H2,(H,14,16). The van der Waals surface area contributed by atoms with Gasteiger partial charge in [0.2, 0.25) is 5.76 Å². The van der Waals surface area contributed by atoms with E-state index in [-0.39, 0.29) is 17.1 Å². The van der Waals surface area contributed by atoms with Crippen molar-refractivity contribution in [2.24, 2.45) is 0 Å². The van der Waals surface area contributed by atoms with Crippen molar-refractivity contribution in [3.05, 3.63) is 58.5 Å². The summed E-state index contributed by atoms with van der Waals surface area (Å²) in [6, 6.07) is 8.33. The zero-order valence-electron chi connectivity index (χ0n) is 10.6. The van der Waals surface area contributed by atoms with Gasteiger partial charge in [0, 0.05) is 17.8 Å². The molecule has 0 spiro atoms. The first-order valence-corrected chi connectivity index (χ1v) is 5.81. The number of nitrogens with zero attached hydrogens (tertiary/aromatic N) is 1. The third-order valence-electron chi connectivity index (χ3n) is 2.40. The van der Waals surface area contributed by atoms with Crippen molar-refractivity contribution < 1.29 is 23.7 Å². The van der Waals surface area contributed by atoms with Gasteiger partial charge in [-0.3, -0.25) is 14.9 Å². The van der Waals surface area contributed by atoms with Crippen molar-refractivity contribution >= 4 is 23.3 Å². The molecule has 1 aromatic heterocycles. The Hall–Kier alpha value is -3.16. The van der Waals surface area contributed by atoms with E-state index in [4.69, 9.17) is 9.15 Å². The Morgan fingerprint density at radius 3 is 2.76 bits per heavy atom. The van der Waals surface area contributed by atoms with E-state index < -0.39 is 23.4 Å². The number of carbonyl (C=O) groups is 2.